The fourth-order valence-corrected chi connectivity index (χ4v) is 5.55. The molecule has 1 aliphatic carbocycles. The summed E-state index contributed by atoms with van der Waals surface area (Å²) in [5, 5.41) is 3.28. The van der Waals surface area contributed by atoms with E-state index in [0.717, 1.165) is 41.3 Å². The Morgan fingerprint density at radius 1 is 0.923 bits per heavy atom. The van der Waals surface area contributed by atoms with Crippen LogP contribution in [0.1, 0.15) is 68.6 Å². The highest BCUT2D eigenvalue weighted by atomic mass is 79.9. The lowest BCUT2D eigenvalue weighted by Crippen LogP contribution is -2.53. The average Bonchev–Trinajstić information content (AvgIpc) is 2.95. The maximum Gasteiger partial charge on any atom is 0.261 e. The fraction of sp³-hybridized carbons (Fsp3) is 0.394. The second-order valence-electron chi connectivity index (χ2n) is 10.7. The first-order valence-electron chi connectivity index (χ1n) is 14.0. The molecule has 0 aromatic heterocycles. The number of carbonyl (C=O) groups excluding carboxylic acids is 2. The van der Waals surface area contributed by atoms with E-state index in [2.05, 4.69) is 35.1 Å². The van der Waals surface area contributed by atoms with Crippen LogP contribution in [0.25, 0.3) is 0 Å². The minimum Gasteiger partial charge on any atom is -0.484 e. The Labute approximate surface area is 241 Å². The monoisotopic (exact) mass is 590 g/mol. The molecule has 0 radical (unpaired) electrons. The van der Waals surface area contributed by atoms with Crippen molar-refractivity contribution >= 4 is 27.7 Å². The van der Waals surface area contributed by atoms with Gasteiger partial charge in [0, 0.05) is 23.5 Å². The van der Waals surface area contributed by atoms with Crippen molar-refractivity contribution < 1.29 is 14.3 Å². The summed E-state index contributed by atoms with van der Waals surface area (Å²) in [6, 6.07) is 25.1. The Hall–Kier alpha value is -3.12. The molecule has 1 aliphatic rings. The molecule has 0 aliphatic heterocycles. The molecular weight excluding hydrogens is 552 g/mol. The number of amides is 2. The first-order valence-corrected chi connectivity index (χ1v) is 14.8. The van der Waals surface area contributed by atoms with Crippen LogP contribution in [-0.4, -0.2) is 35.4 Å². The molecule has 2 amide bonds. The maximum atomic E-state index is 13.8. The number of hydrogen-bond acceptors (Lipinski definition) is 3. The average molecular weight is 592 g/mol. The fourth-order valence-electron chi connectivity index (χ4n) is 5.11. The zero-order valence-corrected chi connectivity index (χ0v) is 24.5. The van der Waals surface area contributed by atoms with E-state index in [9.17, 15) is 9.59 Å². The predicted molar refractivity (Wildman–Crippen MR) is 160 cm³/mol. The second-order valence-corrected chi connectivity index (χ2v) is 11.6. The standard InChI is InChI=1S/C33H39BrN2O3/c1-24(2)27-16-18-30(19-17-27)39-23-32(37)36(22-26-12-9-13-28(34)20-26)31(21-25-10-5-3-6-11-25)33(38)35-29-14-7-4-8-15-29/h3,5-6,9-13,16-20,24,29,31H,4,7-8,14-15,21-23H2,1-2H3,(H,35,38)/t31-/m0/s1. The van der Waals surface area contributed by atoms with Crippen molar-refractivity contribution in [2.24, 2.45) is 0 Å². The Morgan fingerprint density at radius 3 is 2.28 bits per heavy atom. The van der Waals surface area contributed by atoms with Crippen LogP contribution < -0.4 is 10.1 Å². The first-order chi connectivity index (χ1) is 18.9. The van der Waals surface area contributed by atoms with Crippen molar-refractivity contribution in [3.63, 3.8) is 0 Å². The van der Waals surface area contributed by atoms with Gasteiger partial charge >= 0.3 is 0 Å². The quantitative estimate of drug-likeness (QED) is 0.260. The van der Waals surface area contributed by atoms with Crippen LogP contribution in [0.3, 0.4) is 0 Å². The van der Waals surface area contributed by atoms with Gasteiger partial charge < -0.3 is 15.0 Å². The van der Waals surface area contributed by atoms with Gasteiger partial charge in [0.1, 0.15) is 11.8 Å². The van der Waals surface area contributed by atoms with Gasteiger partial charge in [0.05, 0.1) is 0 Å². The predicted octanol–water partition coefficient (Wildman–Crippen LogP) is 7.04. The number of nitrogens with one attached hydrogen (secondary N) is 1. The van der Waals surface area contributed by atoms with E-state index in [0.29, 0.717) is 24.6 Å². The van der Waals surface area contributed by atoms with Crippen LogP contribution in [0.5, 0.6) is 5.75 Å². The molecule has 1 atom stereocenters. The number of hydrogen-bond donors (Lipinski definition) is 1. The molecule has 1 fully saturated rings. The number of halogens is 1. The van der Waals surface area contributed by atoms with Crippen molar-refractivity contribution in [2.75, 3.05) is 6.61 Å². The second kappa shape index (κ2) is 14.3. The molecule has 39 heavy (non-hydrogen) atoms. The molecule has 4 rings (SSSR count). The van der Waals surface area contributed by atoms with Crippen molar-refractivity contribution in [3.05, 3.63) is 100 Å². The lowest BCUT2D eigenvalue weighted by molar-refractivity contribution is -0.143. The van der Waals surface area contributed by atoms with Crippen LogP contribution in [-0.2, 0) is 22.6 Å². The topological polar surface area (TPSA) is 58.6 Å². The summed E-state index contributed by atoms with van der Waals surface area (Å²) in [4.78, 5) is 29.3. The molecule has 6 heteroatoms. The van der Waals surface area contributed by atoms with E-state index in [1.54, 1.807) is 4.90 Å². The Balaban J connectivity index is 1.59. The van der Waals surface area contributed by atoms with E-state index in [1.807, 2.05) is 78.9 Å². The third-order valence-electron chi connectivity index (χ3n) is 7.37. The van der Waals surface area contributed by atoms with Crippen LogP contribution >= 0.6 is 15.9 Å². The van der Waals surface area contributed by atoms with Gasteiger partial charge in [-0.2, -0.15) is 0 Å². The minimum absolute atomic E-state index is 0.101. The Kier molecular flexibility index (Phi) is 10.6. The molecule has 0 bridgehead atoms. The first kappa shape index (κ1) is 28.9. The van der Waals surface area contributed by atoms with E-state index in [-0.39, 0.29) is 24.5 Å². The van der Waals surface area contributed by atoms with E-state index >= 15 is 0 Å². The van der Waals surface area contributed by atoms with E-state index < -0.39 is 6.04 Å². The zero-order chi connectivity index (χ0) is 27.6. The van der Waals surface area contributed by atoms with Gasteiger partial charge in [0.15, 0.2) is 6.61 Å². The summed E-state index contributed by atoms with van der Waals surface area (Å²) >= 11 is 3.54. The van der Waals surface area contributed by atoms with Gasteiger partial charge in [-0.25, -0.2) is 0 Å². The van der Waals surface area contributed by atoms with Crippen molar-refractivity contribution in [1.29, 1.82) is 0 Å². The molecular formula is C33H39BrN2O3. The zero-order valence-electron chi connectivity index (χ0n) is 22.9. The third-order valence-corrected chi connectivity index (χ3v) is 7.87. The van der Waals surface area contributed by atoms with Gasteiger partial charge in [-0.1, -0.05) is 104 Å². The molecule has 206 valence electrons. The molecule has 0 heterocycles. The summed E-state index contributed by atoms with van der Waals surface area (Å²) in [6.07, 6.45) is 5.86. The highest BCUT2D eigenvalue weighted by Crippen LogP contribution is 2.22. The molecule has 0 saturated heterocycles. The number of benzene rings is 3. The minimum atomic E-state index is -0.660. The number of carbonyl (C=O) groups is 2. The molecule has 0 unspecified atom stereocenters. The Morgan fingerprint density at radius 2 is 1.62 bits per heavy atom. The third kappa shape index (κ3) is 8.69. The SMILES string of the molecule is CC(C)c1ccc(OCC(=O)N(Cc2cccc(Br)c2)[C@@H](Cc2ccccc2)C(=O)NC2CCCCC2)cc1. The van der Waals surface area contributed by atoms with Gasteiger partial charge in [-0.3, -0.25) is 9.59 Å². The highest BCUT2D eigenvalue weighted by Gasteiger charge is 2.32. The van der Waals surface area contributed by atoms with Crippen molar-refractivity contribution in [3.8, 4) is 5.75 Å². The van der Waals surface area contributed by atoms with E-state index in [1.165, 1.54) is 12.0 Å². The number of rotatable bonds is 11. The van der Waals surface area contributed by atoms with Crippen molar-refractivity contribution in [2.45, 2.75) is 76.9 Å². The summed E-state index contributed by atoms with van der Waals surface area (Å²) < 4.78 is 6.87. The lowest BCUT2D eigenvalue weighted by Gasteiger charge is -2.33. The summed E-state index contributed by atoms with van der Waals surface area (Å²) in [6.45, 7) is 4.45. The molecule has 0 spiro atoms. The molecule has 1 saturated carbocycles. The highest BCUT2D eigenvalue weighted by molar-refractivity contribution is 9.10. The molecule has 1 N–H and O–H groups in total. The number of ether oxygens (including phenoxy) is 1. The maximum absolute atomic E-state index is 13.8. The van der Waals surface area contributed by atoms with Gasteiger partial charge in [-0.15, -0.1) is 0 Å². The van der Waals surface area contributed by atoms with Crippen LogP contribution in [0.2, 0.25) is 0 Å². The van der Waals surface area contributed by atoms with Gasteiger partial charge in [0.2, 0.25) is 5.91 Å². The smallest absolute Gasteiger partial charge is 0.261 e. The van der Waals surface area contributed by atoms with Crippen molar-refractivity contribution in [1.82, 2.24) is 10.2 Å². The van der Waals surface area contributed by atoms with E-state index in [4.69, 9.17) is 4.74 Å². The molecule has 5 nitrogen and oxygen atoms in total. The van der Waals surface area contributed by atoms with Crippen LogP contribution in [0.4, 0.5) is 0 Å². The van der Waals surface area contributed by atoms with Gasteiger partial charge in [0.25, 0.3) is 5.91 Å². The molecule has 3 aromatic rings. The van der Waals surface area contributed by atoms with Crippen LogP contribution in [0, 0.1) is 0 Å². The normalized spacial score (nSPS) is 14.6. The number of nitrogens with zero attached hydrogens (tertiary/aromatic N) is 1. The largest absolute Gasteiger partial charge is 0.484 e. The lowest BCUT2D eigenvalue weighted by atomic mass is 9.94. The van der Waals surface area contributed by atoms with Gasteiger partial charge in [-0.05, 0) is 59.7 Å². The summed E-state index contributed by atoms with van der Waals surface area (Å²) in [5.41, 5.74) is 3.17. The Bertz CT molecular complexity index is 1210. The summed E-state index contributed by atoms with van der Waals surface area (Å²) in [5.74, 6) is 0.738. The molecule has 3 aromatic carbocycles. The summed E-state index contributed by atoms with van der Waals surface area (Å²) in [7, 11) is 0. The van der Waals surface area contributed by atoms with Crippen LogP contribution in [0.15, 0.2) is 83.3 Å².